The molecule has 1 N–H and O–H groups in total. The van der Waals surface area contributed by atoms with Crippen LogP contribution in [0.1, 0.15) is 26.3 Å². The molecule has 0 aliphatic rings. The van der Waals surface area contributed by atoms with Crippen molar-refractivity contribution in [3.8, 4) is 0 Å². The minimum Gasteiger partial charge on any atom is -0.312 e. The molecular weight excluding hydrogens is 213 g/mol. The summed E-state index contributed by atoms with van der Waals surface area (Å²) in [6.07, 6.45) is 0.744. The zero-order valence-corrected chi connectivity index (χ0v) is 10.2. The Hall–Kier alpha value is -0.600. The highest BCUT2D eigenvalue weighted by Crippen LogP contribution is 2.17. The molecule has 1 nitrogen and oxygen atoms in total. The second-order valence-electron chi connectivity index (χ2n) is 4.66. The third-order valence-electron chi connectivity index (χ3n) is 2.06. The van der Waals surface area contributed by atoms with Crippen molar-refractivity contribution >= 4 is 11.6 Å². The Morgan fingerprint density at radius 2 is 2.00 bits per heavy atom. The van der Waals surface area contributed by atoms with Gasteiger partial charge in [0.2, 0.25) is 0 Å². The van der Waals surface area contributed by atoms with Crippen LogP contribution in [0.5, 0.6) is 0 Å². The average molecular weight is 230 g/mol. The molecule has 84 valence electrons. The summed E-state index contributed by atoms with van der Waals surface area (Å²) in [7, 11) is 0. The number of halogens is 2. The fourth-order valence-corrected chi connectivity index (χ4v) is 1.52. The van der Waals surface area contributed by atoms with E-state index in [9.17, 15) is 4.39 Å². The molecule has 0 aliphatic heterocycles. The third-order valence-corrected chi connectivity index (χ3v) is 2.43. The molecule has 0 radical (unpaired) electrons. The molecule has 0 amide bonds. The highest BCUT2D eigenvalue weighted by molar-refractivity contribution is 6.31. The number of hydrogen-bond donors (Lipinski definition) is 1. The molecule has 0 spiro atoms. The van der Waals surface area contributed by atoms with E-state index in [0.29, 0.717) is 5.02 Å². The van der Waals surface area contributed by atoms with Gasteiger partial charge in [-0.15, -0.1) is 0 Å². The first-order valence-corrected chi connectivity index (χ1v) is 5.45. The quantitative estimate of drug-likeness (QED) is 0.838. The largest absolute Gasteiger partial charge is 0.312 e. The maximum Gasteiger partial charge on any atom is 0.123 e. The molecule has 0 heterocycles. The van der Waals surface area contributed by atoms with Crippen LogP contribution < -0.4 is 5.32 Å². The summed E-state index contributed by atoms with van der Waals surface area (Å²) in [5.74, 6) is -0.231. The predicted molar refractivity (Wildman–Crippen MR) is 62.9 cm³/mol. The van der Waals surface area contributed by atoms with Crippen LogP contribution in [0.2, 0.25) is 5.02 Å². The zero-order chi connectivity index (χ0) is 11.5. The average Bonchev–Trinajstić information content (AvgIpc) is 2.09. The van der Waals surface area contributed by atoms with Gasteiger partial charge in [0, 0.05) is 10.6 Å². The Balaban J connectivity index is 2.54. The summed E-state index contributed by atoms with van der Waals surface area (Å²) >= 11 is 5.95. The Kier molecular flexibility index (Phi) is 4.12. The van der Waals surface area contributed by atoms with E-state index in [1.807, 2.05) is 0 Å². The van der Waals surface area contributed by atoms with Crippen LogP contribution in [-0.4, -0.2) is 12.1 Å². The van der Waals surface area contributed by atoms with Gasteiger partial charge in [0.1, 0.15) is 5.82 Å². The second-order valence-corrected chi connectivity index (χ2v) is 5.07. The van der Waals surface area contributed by atoms with Gasteiger partial charge in [-0.1, -0.05) is 11.6 Å². The van der Waals surface area contributed by atoms with Crippen molar-refractivity contribution in [2.24, 2.45) is 0 Å². The summed E-state index contributed by atoms with van der Waals surface area (Å²) in [4.78, 5) is 0. The molecule has 0 bridgehead atoms. The summed E-state index contributed by atoms with van der Waals surface area (Å²) in [6, 6.07) is 4.47. The number of benzene rings is 1. The topological polar surface area (TPSA) is 12.0 Å². The van der Waals surface area contributed by atoms with Gasteiger partial charge in [-0.2, -0.15) is 0 Å². The van der Waals surface area contributed by atoms with E-state index in [0.717, 1.165) is 18.5 Å². The van der Waals surface area contributed by atoms with Crippen LogP contribution in [0, 0.1) is 5.82 Å². The van der Waals surface area contributed by atoms with Crippen molar-refractivity contribution in [3.63, 3.8) is 0 Å². The molecule has 1 rings (SSSR count). The van der Waals surface area contributed by atoms with E-state index < -0.39 is 0 Å². The van der Waals surface area contributed by atoms with Crippen LogP contribution in [-0.2, 0) is 6.42 Å². The molecule has 0 aromatic heterocycles. The van der Waals surface area contributed by atoms with Crippen LogP contribution in [0.25, 0.3) is 0 Å². The van der Waals surface area contributed by atoms with Crippen molar-refractivity contribution in [3.05, 3.63) is 34.6 Å². The summed E-state index contributed by atoms with van der Waals surface area (Å²) in [5.41, 5.74) is 0.938. The Morgan fingerprint density at radius 1 is 1.33 bits per heavy atom. The van der Waals surface area contributed by atoms with Crippen LogP contribution >= 0.6 is 11.6 Å². The van der Waals surface area contributed by atoms with E-state index in [1.54, 1.807) is 6.07 Å². The Labute approximate surface area is 95.6 Å². The fourth-order valence-electron chi connectivity index (χ4n) is 1.31. The standard InChI is InChI=1S/C12H17ClFN/c1-12(2,3)15-7-6-9-8-10(14)4-5-11(9)13/h4-5,8,15H,6-7H2,1-3H3. The minimum absolute atomic E-state index is 0.0831. The second kappa shape index (κ2) is 4.95. The molecule has 3 heteroatoms. The lowest BCUT2D eigenvalue weighted by Crippen LogP contribution is -2.37. The molecule has 0 aliphatic carbocycles. The van der Waals surface area contributed by atoms with Crippen molar-refractivity contribution < 1.29 is 4.39 Å². The molecule has 0 unspecified atom stereocenters. The molecule has 0 saturated carbocycles. The van der Waals surface area contributed by atoms with Gasteiger partial charge < -0.3 is 5.32 Å². The van der Waals surface area contributed by atoms with Crippen molar-refractivity contribution in [2.75, 3.05) is 6.54 Å². The molecule has 1 aromatic carbocycles. The third kappa shape index (κ3) is 4.63. The predicted octanol–water partition coefficient (Wildman–Crippen LogP) is 3.41. The fraction of sp³-hybridized carbons (Fsp3) is 0.500. The van der Waals surface area contributed by atoms with Crippen LogP contribution in [0.3, 0.4) is 0 Å². The summed E-state index contributed by atoms with van der Waals surface area (Å²) in [5, 5.41) is 3.97. The van der Waals surface area contributed by atoms with Crippen LogP contribution in [0.4, 0.5) is 4.39 Å². The van der Waals surface area contributed by atoms with Gasteiger partial charge in [0.25, 0.3) is 0 Å². The smallest absolute Gasteiger partial charge is 0.123 e. The van der Waals surface area contributed by atoms with Gasteiger partial charge in [-0.25, -0.2) is 4.39 Å². The minimum atomic E-state index is -0.231. The molecule has 15 heavy (non-hydrogen) atoms. The first kappa shape index (κ1) is 12.5. The van der Waals surface area contributed by atoms with Gasteiger partial charge >= 0.3 is 0 Å². The molecular formula is C12H17ClFN. The first-order valence-electron chi connectivity index (χ1n) is 5.07. The van der Waals surface area contributed by atoms with Gasteiger partial charge in [0.05, 0.1) is 0 Å². The molecule has 0 saturated heterocycles. The van der Waals surface area contributed by atoms with E-state index in [2.05, 4.69) is 26.1 Å². The maximum atomic E-state index is 12.9. The zero-order valence-electron chi connectivity index (χ0n) is 9.40. The maximum absolute atomic E-state index is 12.9. The highest BCUT2D eigenvalue weighted by atomic mass is 35.5. The molecule has 0 atom stereocenters. The summed E-state index contributed by atoms with van der Waals surface area (Å²) in [6.45, 7) is 7.09. The van der Waals surface area contributed by atoms with Crippen molar-refractivity contribution in [1.29, 1.82) is 0 Å². The lowest BCUT2D eigenvalue weighted by Gasteiger charge is -2.20. The lowest BCUT2D eigenvalue weighted by atomic mass is 10.1. The summed E-state index contributed by atoms with van der Waals surface area (Å²) < 4.78 is 12.9. The van der Waals surface area contributed by atoms with E-state index in [1.165, 1.54) is 12.1 Å². The highest BCUT2D eigenvalue weighted by Gasteiger charge is 2.08. The van der Waals surface area contributed by atoms with Crippen molar-refractivity contribution in [2.45, 2.75) is 32.7 Å². The number of hydrogen-bond acceptors (Lipinski definition) is 1. The van der Waals surface area contributed by atoms with Gasteiger partial charge in [-0.3, -0.25) is 0 Å². The molecule has 0 fully saturated rings. The van der Waals surface area contributed by atoms with Crippen LogP contribution in [0.15, 0.2) is 18.2 Å². The van der Waals surface area contributed by atoms with E-state index in [4.69, 9.17) is 11.6 Å². The number of rotatable bonds is 3. The van der Waals surface area contributed by atoms with E-state index in [-0.39, 0.29) is 11.4 Å². The Morgan fingerprint density at radius 3 is 2.60 bits per heavy atom. The lowest BCUT2D eigenvalue weighted by molar-refractivity contribution is 0.429. The van der Waals surface area contributed by atoms with Gasteiger partial charge in [0.15, 0.2) is 0 Å². The SMILES string of the molecule is CC(C)(C)NCCc1cc(F)ccc1Cl. The monoisotopic (exact) mass is 229 g/mol. The van der Waals surface area contributed by atoms with Gasteiger partial charge in [-0.05, 0) is 57.5 Å². The molecule has 1 aromatic rings. The normalized spacial score (nSPS) is 11.8. The first-order chi connectivity index (χ1) is 6.88. The van der Waals surface area contributed by atoms with Crippen molar-refractivity contribution in [1.82, 2.24) is 5.32 Å². The number of nitrogens with one attached hydrogen (secondary N) is 1. The van der Waals surface area contributed by atoms with E-state index >= 15 is 0 Å². The Bertz CT molecular complexity index is 331.